The zero-order chi connectivity index (χ0) is 12.3. The maximum absolute atomic E-state index is 11.7. The van der Waals surface area contributed by atoms with Crippen LogP contribution in [0.5, 0.6) is 0 Å². The molecule has 1 atom stereocenters. The monoisotopic (exact) mass is 276 g/mol. The molecule has 1 amide bonds. The molecule has 3 N–H and O–H groups in total. The van der Waals surface area contributed by atoms with Crippen molar-refractivity contribution < 1.29 is 4.79 Å². The topological polar surface area (TPSA) is 55.1 Å². The van der Waals surface area contributed by atoms with Gasteiger partial charge in [0.2, 0.25) is 5.91 Å². The smallest absolute Gasteiger partial charge is 0.241 e. The zero-order valence-corrected chi connectivity index (χ0v) is 11.7. The lowest BCUT2D eigenvalue weighted by molar-refractivity contribution is -0.118. The Morgan fingerprint density at radius 3 is 2.47 bits per heavy atom. The first kappa shape index (κ1) is 16.2. The van der Waals surface area contributed by atoms with E-state index in [1.54, 1.807) is 6.07 Å². The third kappa shape index (κ3) is 4.54. The number of rotatable bonds is 3. The summed E-state index contributed by atoms with van der Waals surface area (Å²) in [5.74, 6) is -0.0733. The molecule has 0 heterocycles. The van der Waals surface area contributed by atoms with E-state index in [1.165, 1.54) is 0 Å². The van der Waals surface area contributed by atoms with Crippen molar-refractivity contribution in [2.24, 2.45) is 11.7 Å². The Kier molecular flexibility index (Phi) is 6.53. The Balaban J connectivity index is 0.00000256. The number of anilines is 1. The molecule has 96 valence electrons. The SMILES string of the molecule is Cc1ccc(NC(=O)[C@H](N)C(C)C)cc1Cl.Cl. The first-order valence-electron chi connectivity index (χ1n) is 5.24. The van der Waals surface area contributed by atoms with Gasteiger partial charge in [-0.1, -0.05) is 31.5 Å². The van der Waals surface area contributed by atoms with Gasteiger partial charge in [0, 0.05) is 10.7 Å². The molecule has 0 aliphatic carbocycles. The summed E-state index contributed by atoms with van der Waals surface area (Å²) in [6, 6.07) is 4.90. The fourth-order valence-corrected chi connectivity index (χ4v) is 1.38. The number of nitrogens with one attached hydrogen (secondary N) is 1. The molecule has 0 fully saturated rings. The summed E-state index contributed by atoms with van der Waals surface area (Å²) in [6.45, 7) is 5.73. The largest absolute Gasteiger partial charge is 0.325 e. The van der Waals surface area contributed by atoms with E-state index in [0.717, 1.165) is 5.56 Å². The summed E-state index contributed by atoms with van der Waals surface area (Å²) in [4.78, 5) is 11.7. The van der Waals surface area contributed by atoms with Crippen molar-refractivity contribution in [1.82, 2.24) is 0 Å². The fraction of sp³-hybridized carbons (Fsp3) is 0.417. The van der Waals surface area contributed by atoms with Crippen LogP contribution in [0.4, 0.5) is 5.69 Å². The minimum atomic E-state index is -0.500. The molecular weight excluding hydrogens is 259 g/mol. The maximum atomic E-state index is 11.7. The predicted molar refractivity (Wildman–Crippen MR) is 74.9 cm³/mol. The van der Waals surface area contributed by atoms with E-state index < -0.39 is 6.04 Å². The van der Waals surface area contributed by atoms with Crippen molar-refractivity contribution in [3.05, 3.63) is 28.8 Å². The number of hydrogen-bond donors (Lipinski definition) is 2. The number of carbonyl (C=O) groups is 1. The quantitative estimate of drug-likeness (QED) is 0.892. The van der Waals surface area contributed by atoms with E-state index in [4.69, 9.17) is 17.3 Å². The van der Waals surface area contributed by atoms with Crippen LogP contribution < -0.4 is 11.1 Å². The number of benzene rings is 1. The molecule has 5 heteroatoms. The van der Waals surface area contributed by atoms with Crippen LogP contribution in [-0.2, 0) is 4.79 Å². The maximum Gasteiger partial charge on any atom is 0.241 e. The van der Waals surface area contributed by atoms with Gasteiger partial charge in [0.15, 0.2) is 0 Å². The Bertz CT molecular complexity index is 394. The molecule has 0 unspecified atom stereocenters. The lowest BCUT2D eigenvalue weighted by atomic mass is 10.0. The van der Waals surface area contributed by atoms with Gasteiger partial charge in [-0.15, -0.1) is 12.4 Å². The van der Waals surface area contributed by atoms with Crippen LogP contribution in [0.2, 0.25) is 5.02 Å². The van der Waals surface area contributed by atoms with Crippen LogP contribution in [0.3, 0.4) is 0 Å². The Hall–Kier alpha value is -0.770. The van der Waals surface area contributed by atoms with Crippen LogP contribution in [0.1, 0.15) is 19.4 Å². The number of hydrogen-bond acceptors (Lipinski definition) is 2. The molecule has 0 aromatic heterocycles. The molecule has 1 aromatic rings. The molecule has 0 bridgehead atoms. The lowest BCUT2D eigenvalue weighted by Gasteiger charge is -2.15. The summed E-state index contributed by atoms with van der Waals surface area (Å²) in [5.41, 5.74) is 7.39. The second-order valence-electron chi connectivity index (χ2n) is 4.22. The van der Waals surface area contributed by atoms with Crippen LogP contribution in [-0.4, -0.2) is 11.9 Å². The third-order valence-electron chi connectivity index (χ3n) is 2.46. The molecule has 0 aliphatic heterocycles. The summed E-state index contributed by atoms with van der Waals surface area (Å²) in [5, 5.41) is 3.38. The fourth-order valence-electron chi connectivity index (χ4n) is 1.20. The van der Waals surface area contributed by atoms with Crippen molar-refractivity contribution in [3.63, 3.8) is 0 Å². The van der Waals surface area contributed by atoms with Gasteiger partial charge in [0.1, 0.15) is 0 Å². The van der Waals surface area contributed by atoms with Crippen LogP contribution in [0, 0.1) is 12.8 Å². The molecule has 0 saturated carbocycles. The zero-order valence-electron chi connectivity index (χ0n) is 10.2. The van der Waals surface area contributed by atoms with Crippen molar-refractivity contribution in [2.75, 3.05) is 5.32 Å². The van der Waals surface area contributed by atoms with Gasteiger partial charge in [-0.05, 0) is 30.5 Å². The molecule has 17 heavy (non-hydrogen) atoms. The molecule has 0 aliphatic rings. The van der Waals surface area contributed by atoms with Gasteiger partial charge >= 0.3 is 0 Å². The Morgan fingerprint density at radius 2 is 2.00 bits per heavy atom. The minimum absolute atomic E-state index is 0. The summed E-state index contributed by atoms with van der Waals surface area (Å²) < 4.78 is 0. The number of halogens is 2. The molecule has 0 radical (unpaired) electrons. The second-order valence-corrected chi connectivity index (χ2v) is 4.63. The molecular formula is C12H18Cl2N2O. The molecule has 1 rings (SSSR count). The van der Waals surface area contributed by atoms with Gasteiger partial charge in [-0.3, -0.25) is 4.79 Å². The predicted octanol–water partition coefficient (Wildman–Crippen LogP) is 2.99. The number of aryl methyl sites for hydroxylation is 1. The Morgan fingerprint density at radius 1 is 1.41 bits per heavy atom. The standard InChI is InChI=1S/C12H17ClN2O.ClH/c1-7(2)11(14)12(16)15-9-5-4-8(3)10(13)6-9;/h4-7,11H,14H2,1-3H3,(H,15,16);1H/t11-;/m1./s1. The van der Waals surface area contributed by atoms with Crippen molar-refractivity contribution in [1.29, 1.82) is 0 Å². The average Bonchev–Trinajstić information content (AvgIpc) is 2.22. The van der Waals surface area contributed by atoms with Gasteiger partial charge in [0.25, 0.3) is 0 Å². The van der Waals surface area contributed by atoms with Gasteiger partial charge < -0.3 is 11.1 Å². The van der Waals surface area contributed by atoms with Crippen LogP contribution >= 0.6 is 24.0 Å². The molecule has 0 spiro atoms. The van der Waals surface area contributed by atoms with E-state index in [2.05, 4.69) is 5.32 Å². The van der Waals surface area contributed by atoms with E-state index in [9.17, 15) is 4.79 Å². The van der Waals surface area contributed by atoms with Crippen molar-refractivity contribution >= 4 is 35.6 Å². The summed E-state index contributed by atoms with van der Waals surface area (Å²) in [7, 11) is 0. The first-order chi connectivity index (χ1) is 7.41. The normalized spacial score (nSPS) is 11.9. The molecule has 0 saturated heterocycles. The number of carbonyl (C=O) groups excluding carboxylic acids is 1. The van der Waals surface area contributed by atoms with Gasteiger partial charge in [-0.2, -0.15) is 0 Å². The minimum Gasteiger partial charge on any atom is -0.325 e. The summed E-state index contributed by atoms with van der Waals surface area (Å²) in [6.07, 6.45) is 0. The van der Waals surface area contributed by atoms with Gasteiger partial charge in [0.05, 0.1) is 6.04 Å². The van der Waals surface area contributed by atoms with Crippen LogP contribution in [0.15, 0.2) is 18.2 Å². The van der Waals surface area contributed by atoms with E-state index in [1.807, 2.05) is 32.9 Å². The highest BCUT2D eigenvalue weighted by molar-refractivity contribution is 6.31. The molecule has 1 aromatic carbocycles. The van der Waals surface area contributed by atoms with Gasteiger partial charge in [-0.25, -0.2) is 0 Å². The second kappa shape index (κ2) is 6.84. The van der Waals surface area contributed by atoms with E-state index in [0.29, 0.717) is 10.7 Å². The highest BCUT2D eigenvalue weighted by atomic mass is 35.5. The lowest BCUT2D eigenvalue weighted by Crippen LogP contribution is -2.39. The van der Waals surface area contributed by atoms with E-state index >= 15 is 0 Å². The average molecular weight is 277 g/mol. The summed E-state index contributed by atoms with van der Waals surface area (Å²) >= 11 is 5.96. The first-order valence-corrected chi connectivity index (χ1v) is 5.62. The highest BCUT2D eigenvalue weighted by Gasteiger charge is 2.17. The van der Waals surface area contributed by atoms with Crippen LogP contribution in [0.25, 0.3) is 0 Å². The van der Waals surface area contributed by atoms with Crippen molar-refractivity contribution in [3.8, 4) is 0 Å². The highest BCUT2D eigenvalue weighted by Crippen LogP contribution is 2.20. The van der Waals surface area contributed by atoms with E-state index in [-0.39, 0.29) is 24.2 Å². The third-order valence-corrected chi connectivity index (χ3v) is 2.87. The number of nitrogens with two attached hydrogens (primary N) is 1. The van der Waals surface area contributed by atoms with Crippen molar-refractivity contribution in [2.45, 2.75) is 26.8 Å². The molecule has 3 nitrogen and oxygen atoms in total. The number of amides is 1. The Labute approximate surface area is 113 Å².